The van der Waals surface area contributed by atoms with E-state index in [9.17, 15) is 14.4 Å². The van der Waals surface area contributed by atoms with Gasteiger partial charge in [-0.25, -0.2) is 9.59 Å². The molecule has 7 heteroatoms. The summed E-state index contributed by atoms with van der Waals surface area (Å²) in [5.41, 5.74) is 0.815. The number of ether oxygens (including phenoxy) is 2. The Bertz CT molecular complexity index is 1060. The van der Waals surface area contributed by atoms with Gasteiger partial charge in [0.2, 0.25) is 0 Å². The Morgan fingerprint density at radius 2 is 1.32 bits per heavy atom. The van der Waals surface area contributed by atoms with Crippen molar-refractivity contribution in [3.05, 3.63) is 92.4 Å². The van der Waals surface area contributed by atoms with Crippen molar-refractivity contribution >= 4 is 50.1 Å². The second-order valence-corrected chi connectivity index (χ2v) is 7.45. The number of hydrogen-bond acceptors (Lipinski definition) is 5. The molecule has 0 radical (unpaired) electrons. The number of benzene rings is 3. The maximum Gasteiger partial charge on any atom is 0.343 e. The summed E-state index contributed by atoms with van der Waals surface area (Å²) in [7, 11) is 0. The van der Waals surface area contributed by atoms with Gasteiger partial charge in [-0.05, 0) is 48.5 Å². The van der Waals surface area contributed by atoms with Gasteiger partial charge in [0.25, 0.3) is 0 Å². The average molecular weight is 504 g/mol. The smallest absolute Gasteiger partial charge is 0.343 e. The molecule has 5 nitrogen and oxygen atoms in total. The van der Waals surface area contributed by atoms with Crippen molar-refractivity contribution in [2.24, 2.45) is 0 Å². The molecule has 0 spiro atoms. The summed E-state index contributed by atoms with van der Waals surface area (Å²) >= 11 is 6.58. The van der Waals surface area contributed by atoms with Crippen LogP contribution < -0.4 is 9.47 Å². The van der Waals surface area contributed by atoms with Gasteiger partial charge in [0, 0.05) is 15.0 Å². The molecule has 0 amide bonds. The first kappa shape index (κ1) is 20.0. The SMILES string of the molecule is O=Cc1ccc(OC(=O)c2cccc(Br)c2)cc1OC(=O)c1cccc(Br)c1. The first-order valence-electron chi connectivity index (χ1n) is 8.01. The molecule has 0 aliphatic rings. The molecule has 140 valence electrons. The molecule has 0 unspecified atom stereocenters. The van der Waals surface area contributed by atoms with Gasteiger partial charge in [0.1, 0.15) is 11.5 Å². The van der Waals surface area contributed by atoms with E-state index < -0.39 is 11.9 Å². The number of carbonyl (C=O) groups is 3. The first-order chi connectivity index (χ1) is 13.5. The van der Waals surface area contributed by atoms with Crippen molar-refractivity contribution in [3.63, 3.8) is 0 Å². The number of carbonyl (C=O) groups excluding carboxylic acids is 3. The van der Waals surface area contributed by atoms with Crippen LogP contribution in [0.15, 0.2) is 75.7 Å². The normalized spacial score (nSPS) is 10.2. The Kier molecular flexibility index (Phi) is 6.38. The monoisotopic (exact) mass is 502 g/mol. The standard InChI is InChI=1S/C21H12Br2O5/c22-16-5-1-3-13(9-16)20(25)27-18-8-7-15(12-24)19(11-18)28-21(26)14-4-2-6-17(23)10-14/h1-12H. The lowest BCUT2D eigenvalue weighted by molar-refractivity contribution is 0.0732. The summed E-state index contributed by atoms with van der Waals surface area (Å²) in [6.45, 7) is 0. The van der Waals surface area contributed by atoms with Crippen LogP contribution in [0.3, 0.4) is 0 Å². The minimum absolute atomic E-state index is 0.000447. The van der Waals surface area contributed by atoms with Gasteiger partial charge in [-0.3, -0.25) is 4.79 Å². The Morgan fingerprint density at radius 3 is 1.86 bits per heavy atom. The third-order valence-corrected chi connectivity index (χ3v) is 4.63. The summed E-state index contributed by atoms with van der Waals surface area (Å²) in [4.78, 5) is 35.9. The van der Waals surface area contributed by atoms with E-state index in [1.807, 2.05) is 0 Å². The lowest BCUT2D eigenvalue weighted by atomic mass is 10.2. The van der Waals surface area contributed by atoms with Crippen LogP contribution in [-0.2, 0) is 0 Å². The molecule has 0 fully saturated rings. The maximum atomic E-state index is 12.4. The lowest BCUT2D eigenvalue weighted by Gasteiger charge is -2.10. The summed E-state index contributed by atoms with van der Waals surface area (Å²) in [5, 5.41) is 0. The highest BCUT2D eigenvalue weighted by Gasteiger charge is 2.15. The van der Waals surface area contributed by atoms with E-state index in [2.05, 4.69) is 31.9 Å². The van der Waals surface area contributed by atoms with Crippen LogP contribution in [-0.4, -0.2) is 18.2 Å². The third kappa shape index (κ3) is 4.94. The van der Waals surface area contributed by atoms with Crippen molar-refractivity contribution < 1.29 is 23.9 Å². The van der Waals surface area contributed by atoms with E-state index >= 15 is 0 Å². The van der Waals surface area contributed by atoms with Gasteiger partial charge in [-0.15, -0.1) is 0 Å². The number of esters is 2. The molecule has 0 aliphatic heterocycles. The van der Waals surface area contributed by atoms with Crippen molar-refractivity contribution in [1.82, 2.24) is 0 Å². The molecule has 0 N–H and O–H groups in total. The van der Waals surface area contributed by atoms with Crippen LogP contribution in [0.25, 0.3) is 0 Å². The molecule has 3 aromatic rings. The quantitative estimate of drug-likeness (QED) is 0.262. The molecule has 3 rings (SSSR count). The predicted molar refractivity (Wildman–Crippen MR) is 110 cm³/mol. The Labute approximate surface area is 177 Å². The van der Waals surface area contributed by atoms with E-state index in [1.54, 1.807) is 48.5 Å². The van der Waals surface area contributed by atoms with Gasteiger partial charge in [0.05, 0.1) is 16.7 Å². The fraction of sp³-hybridized carbons (Fsp3) is 0. The van der Waals surface area contributed by atoms with Crippen LogP contribution in [0.5, 0.6) is 11.5 Å². The summed E-state index contributed by atoms with van der Waals surface area (Å²) in [6.07, 6.45) is 0.559. The van der Waals surface area contributed by atoms with E-state index in [-0.39, 0.29) is 17.1 Å². The summed E-state index contributed by atoms with van der Waals surface area (Å²) in [5.74, 6) is -1.07. The molecule has 0 aromatic heterocycles. The molecule has 0 aliphatic carbocycles. The average Bonchev–Trinajstić information content (AvgIpc) is 2.68. The zero-order chi connectivity index (χ0) is 20.1. The van der Waals surface area contributed by atoms with Crippen LogP contribution in [0.2, 0.25) is 0 Å². The number of halogens is 2. The zero-order valence-corrected chi connectivity index (χ0v) is 17.4. The van der Waals surface area contributed by atoms with E-state index in [0.717, 1.165) is 4.47 Å². The molecule has 0 heterocycles. The summed E-state index contributed by atoms with van der Waals surface area (Å²) in [6, 6.07) is 17.6. The minimum atomic E-state index is -0.639. The van der Waals surface area contributed by atoms with Crippen molar-refractivity contribution in [2.45, 2.75) is 0 Å². The van der Waals surface area contributed by atoms with Crippen LogP contribution in [0.1, 0.15) is 31.1 Å². The summed E-state index contributed by atoms with van der Waals surface area (Å²) < 4.78 is 12.1. The molecule has 28 heavy (non-hydrogen) atoms. The fourth-order valence-corrected chi connectivity index (χ4v) is 3.12. The largest absolute Gasteiger partial charge is 0.423 e. The number of hydrogen-bond donors (Lipinski definition) is 0. The van der Waals surface area contributed by atoms with Crippen molar-refractivity contribution in [2.75, 3.05) is 0 Å². The first-order valence-corrected chi connectivity index (χ1v) is 9.59. The molecular formula is C21H12Br2O5. The van der Waals surface area contributed by atoms with Gasteiger partial charge in [-0.2, -0.15) is 0 Å². The fourth-order valence-electron chi connectivity index (χ4n) is 2.32. The van der Waals surface area contributed by atoms with Crippen LogP contribution in [0, 0.1) is 0 Å². The minimum Gasteiger partial charge on any atom is -0.423 e. The Morgan fingerprint density at radius 1 is 0.750 bits per heavy atom. The Hall–Kier alpha value is -2.77. The lowest BCUT2D eigenvalue weighted by Crippen LogP contribution is -2.11. The van der Waals surface area contributed by atoms with Gasteiger partial charge in [-0.1, -0.05) is 44.0 Å². The van der Waals surface area contributed by atoms with Crippen LogP contribution in [0.4, 0.5) is 0 Å². The second kappa shape index (κ2) is 8.95. The maximum absolute atomic E-state index is 12.4. The number of aldehydes is 1. The molecular weight excluding hydrogens is 492 g/mol. The van der Waals surface area contributed by atoms with Gasteiger partial charge in [0.15, 0.2) is 6.29 Å². The van der Waals surface area contributed by atoms with E-state index in [4.69, 9.17) is 9.47 Å². The highest BCUT2D eigenvalue weighted by atomic mass is 79.9. The van der Waals surface area contributed by atoms with Gasteiger partial charge >= 0.3 is 11.9 Å². The Balaban J connectivity index is 1.82. The third-order valence-electron chi connectivity index (χ3n) is 3.65. The van der Waals surface area contributed by atoms with E-state index in [1.165, 1.54) is 18.2 Å². The zero-order valence-electron chi connectivity index (χ0n) is 14.2. The van der Waals surface area contributed by atoms with E-state index in [0.29, 0.717) is 21.9 Å². The molecule has 0 saturated carbocycles. The van der Waals surface area contributed by atoms with Gasteiger partial charge < -0.3 is 9.47 Å². The van der Waals surface area contributed by atoms with Crippen molar-refractivity contribution in [3.8, 4) is 11.5 Å². The molecule has 3 aromatic carbocycles. The van der Waals surface area contributed by atoms with Crippen LogP contribution >= 0.6 is 31.9 Å². The predicted octanol–water partition coefficient (Wildman–Crippen LogP) is 5.46. The highest BCUT2D eigenvalue weighted by molar-refractivity contribution is 9.10. The molecule has 0 atom stereocenters. The second-order valence-electron chi connectivity index (χ2n) is 5.62. The topological polar surface area (TPSA) is 69.7 Å². The number of rotatable bonds is 5. The highest BCUT2D eigenvalue weighted by Crippen LogP contribution is 2.26. The molecule has 0 saturated heterocycles. The molecule has 0 bridgehead atoms. The van der Waals surface area contributed by atoms with Crippen molar-refractivity contribution in [1.29, 1.82) is 0 Å².